The van der Waals surface area contributed by atoms with Gasteiger partial charge in [0.1, 0.15) is 0 Å². The van der Waals surface area contributed by atoms with Crippen LogP contribution in [0.1, 0.15) is 11.3 Å². The highest BCUT2D eigenvalue weighted by atomic mass is 35.5. The molecule has 0 spiro atoms. The highest BCUT2D eigenvalue weighted by Gasteiger charge is 2.33. The second kappa shape index (κ2) is 9.22. The van der Waals surface area contributed by atoms with Crippen molar-refractivity contribution in [3.63, 3.8) is 0 Å². The van der Waals surface area contributed by atoms with Gasteiger partial charge in [0.25, 0.3) is 0 Å². The summed E-state index contributed by atoms with van der Waals surface area (Å²) in [5, 5.41) is 0.679. The van der Waals surface area contributed by atoms with Crippen LogP contribution in [0.5, 0.6) is 0 Å². The van der Waals surface area contributed by atoms with Gasteiger partial charge in [-0.25, -0.2) is 8.42 Å². The fraction of sp³-hybridized carbons (Fsp3) is 0.350. The number of ether oxygens (including phenoxy) is 1. The number of nitrogens with zero attached hydrogens (tertiary/aromatic N) is 1. The molecule has 150 valence electrons. The predicted molar refractivity (Wildman–Crippen MR) is 114 cm³/mol. The Kier molecular flexibility index (Phi) is 6.93. The Hall–Kier alpha value is -1.67. The molecule has 28 heavy (non-hydrogen) atoms. The minimum atomic E-state index is -3.06. The second-order valence-corrected chi connectivity index (χ2v) is 10.4. The summed E-state index contributed by atoms with van der Waals surface area (Å²) >= 11 is 7.61. The van der Waals surface area contributed by atoms with Gasteiger partial charge in [0, 0.05) is 40.5 Å². The maximum absolute atomic E-state index is 12.7. The van der Waals surface area contributed by atoms with E-state index in [0.29, 0.717) is 24.6 Å². The van der Waals surface area contributed by atoms with E-state index in [1.54, 1.807) is 29.4 Å². The van der Waals surface area contributed by atoms with Gasteiger partial charge in [0.2, 0.25) is 5.91 Å². The van der Waals surface area contributed by atoms with Gasteiger partial charge >= 0.3 is 0 Å². The summed E-state index contributed by atoms with van der Waals surface area (Å²) in [5.41, 5.74) is 1.03. The van der Waals surface area contributed by atoms with Crippen molar-refractivity contribution in [1.82, 2.24) is 4.90 Å². The van der Waals surface area contributed by atoms with Gasteiger partial charge in [-0.2, -0.15) is 0 Å². The quantitative estimate of drug-likeness (QED) is 0.616. The highest BCUT2D eigenvalue weighted by molar-refractivity contribution is 7.91. The zero-order valence-electron chi connectivity index (χ0n) is 15.5. The number of thiophene rings is 1. The van der Waals surface area contributed by atoms with Gasteiger partial charge in [0.05, 0.1) is 18.1 Å². The minimum absolute atomic E-state index is 0.0220. The fourth-order valence-electron chi connectivity index (χ4n) is 3.17. The summed E-state index contributed by atoms with van der Waals surface area (Å²) in [5.74, 6) is -0.0443. The van der Waals surface area contributed by atoms with Crippen molar-refractivity contribution in [2.75, 3.05) is 31.8 Å². The van der Waals surface area contributed by atoms with E-state index in [0.717, 1.165) is 15.3 Å². The smallest absolute Gasteiger partial charge is 0.246 e. The molecule has 1 aliphatic heterocycles. The van der Waals surface area contributed by atoms with Crippen LogP contribution in [-0.2, 0) is 19.4 Å². The zero-order chi connectivity index (χ0) is 20.1. The number of carbonyl (C=O) groups excluding carboxylic acids is 1. The number of hydrogen-bond donors (Lipinski definition) is 0. The molecule has 5 nitrogen and oxygen atoms in total. The normalized spacial score (nSPS) is 18.6. The molecule has 1 aromatic heterocycles. The number of rotatable bonds is 7. The Labute approximate surface area is 174 Å². The summed E-state index contributed by atoms with van der Waals surface area (Å²) in [7, 11) is -1.50. The van der Waals surface area contributed by atoms with Crippen molar-refractivity contribution in [3.05, 3.63) is 52.4 Å². The molecule has 0 saturated carbocycles. The van der Waals surface area contributed by atoms with Crippen LogP contribution in [0.15, 0.2) is 42.5 Å². The molecule has 1 atom stereocenters. The lowest BCUT2D eigenvalue weighted by Gasteiger charge is -2.26. The number of amides is 1. The number of methoxy groups -OCH3 is 1. The first kappa shape index (κ1) is 21.0. The second-order valence-electron chi connectivity index (χ2n) is 6.63. The predicted octanol–water partition coefficient (Wildman–Crippen LogP) is 3.74. The van der Waals surface area contributed by atoms with Crippen molar-refractivity contribution < 1.29 is 17.9 Å². The summed E-state index contributed by atoms with van der Waals surface area (Å²) in [6, 6.07) is 11.3. The molecule has 8 heteroatoms. The largest absolute Gasteiger partial charge is 0.383 e. The zero-order valence-corrected chi connectivity index (χ0v) is 17.9. The van der Waals surface area contributed by atoms with Gasteiger partial charge in [-0.1, -0.05) is 23.7 Å². The van der Waals surface area contributed by atoms with Crippen LogP contribution in [0.3, 0.4) is 0 Å². The van der Waals surface area contributed by atoms with Crippen LogP contribution in [0.2, 0.25) is 5.02 Å². The molecule has 1 saturated heterocycles. The van der Waals surface area contributed by atoms with Gasteiger partial charge in [-0.3, -0.25) is 4.79 Å². The van der Waals surface area contributed by atoms with Crippen molar-refractivity contribution >= 4 is 44.8 Å². The molecule has 0 radical (unpaired) electrons. The minimum Gasteiger partial charge on any atom is -0.383 e. The molecule has 1 amide bonds. The van der Waals surface area contributed by atoms with Gasteiger partial charge in [-0.05, 0) is 42.3 Å². The van der Waals surface area contributed by atoms with E-state index in [4.69, 9.17) is 16.3 Å². The van der Waals surface area contributed by atoms with Crippen LogP contribution in [0.25, 0.3) is 16.5 Å². The number of carbonyl (C=O) groups is 1. The third-order valence-corrected chi connectivity index (χ3v) is 7.68. The first-order chi connectivity index (χ1) is 13.4. The van der Waals surface area contributed by atoms with E-state index in [1.807, 2.05) is 36.4 Å². The molecule has 2 heterocycles. The number of benzene rings is 1. The molecule has 1 unspecified atom stereocenters. The summed E-state index contributed by atoms with van der Waals surface area (Å²) in [6.45, 7) is 0.742. The molecule has 1 fully saturated rings. The van der Waals surface area contributed by atoms with Gasteiger partial charge in [-0.15, -0.1) is 11.3 Å². The molecule has 0 N–H and O–H groups in total. The van der Waals surface area contributed by atoms with E-state index in [2.05, 4.69) is 0 Å². The van der Waals surface area contributed by atoms with Crippen LogP contribution in [0.4, 0.5) is 0 Å². The Bertz CT molecular complexity index is 968. The first-order valence-corrected chi connectivity index (χ1v) is 11.9. The first-order valence-electron chi connectivity index (χ1n) is 8.92. The van der Waals surface area contributed by atoms with Gasteiger partial charge < -0.3 is 9.64 Å². The molecular formula is C20H22ClNO4S2. The van der Waals surface area contributed by atoms with E-state index in [9.17, 15) is 13.2 Å². The van der Waals surface area contributed by atoms with Crippen molar-refractivity contribution in [2.24, 2.45) is 0 Å². The molecule has 1 aliphatic rings. The lowest BCUT2D eigenvalue weighted by molar-refractivity contribution is -0.128. The lowest BCUT2D eigenvalue weighted by Crippen LogP contribution is -2.42. The lowest BCUT2D eigenvalue weighted by atomic mass is 10.2. The third-order valence-electron chi connectivity index (χ3n) is 4.59. The number of hydrogen-bond acceptors (Lipinski definition) is 5. The Balaban J connectivity index is 1.71. The van der Waals surface area contributed by atoms with Gasteiger partial charge in [0.15, 0.2) is 9.84 Å². The molecular weight excluding hydrogens is 418 g/mol. The average Bonchev–Trinajstić information content (AvgIpc) is 3.27. The average molecular weight is 440 g/mol. The fourth-order valence-corrected chi connectivity index (χ4v) is 6.00. The van der Waals surface area contributed by atoms with E-state index in [1.165, 1.54) is 6.08 Å². The number of sulfone groups is 1. The Morgan fingerprint density at radius 1 is 1.36 bits per heavy atom. The number of halogens is 1. The maximum atomic E-state index is 12.7. The molecule has 0 aliphatic carbocycles. The summed E-state index contributed by atoms with van der Waals surface area (Å²) in [4.78, 5) is 16.3. The van der Waals surface area contributed by atoms with Crippen molar-refractivity contribution in [3.8, 4) is 10.4 Å². The van der Waals surface area contributed by atoms with Crippen molar-refractivity contribution in [2.45, 2.75) is 12.5 Å². The van der Waals surface area contributed by atoms with Crippen molar-refractivity contribution in [1.29, 1.82) is 0 Å². The SMILES string of the molecule is COCCN(C(=O)/C=C/c1ccc(-c2cccc(Cl)c2)s1)C1CCS(=O)(=O)C1. The van der Waals surface area contributed by atoms with Crippen LogP contribution in [0, 0.1) is 0 Å². The topological polar surface area (TPSA) is 63.7 Å². The standard InChI is InChI=1S/C20H22ClNO4S2/c1-26-11-10-22(17-9-12-28(24,25)14-17)20(23)8-6-18-5-7-19(27-18)15-3-2-4-16(21)13-15/h2-8,13,17H,9-12,14H2,1H3/b8-6+. The van der Waals surface area contributed by atoms with E-state index >= 15 is 0 Å². The Morgan fingerprint density at radius 3 is 2.86 bits per heavy atom. The molecule has 0 bridgehead atoms. The highest BCUT2D eigenvalue weighted by Crippen LogP contribution is 2.30. The molecule has 1 aromatic carbocycles. The van der Waals surface area contributed by atoms with E-state index < -0.39 is 9.84 Å². The maximum Gasteiger partial charge on any atom is 0.246 e. The van der Waals surface area contributed by atoms with Crippen LogP contribution in [-0.4, -0.2) is 57.0 Å². The Morgan fingerprint density at radius 2 is 2.18 bits per heavy atom. The summed E-state index contributed by atoms with van der Waals surface area (Å²) in [6.07, 6.45) is 3.75. The molecule has 2 aromatic rings. The monoisotopic (exact) mass is 439 g/mol. The third kappa shape index (κ3) is 5.44. The van der Waals surface area contributed by atoms with Crippen LogP contribution < -0.4 is 0 Å². The van der Waals surface area contributed by atoms with Crippen LogP contribution >= 0.6 is 22.9 Å². The molecule has 3 rings (SSSR count). The summed E-state index contributed by atoms with van der Waals surface area (Å²) < 4.78 is 28.7. The van der Waals surface area contributed by atoms with E-state index in [-0.39, 0.29) is 23.5 Å².